The van der Waals surface area contributed by atoms with Gasteiger partial charge in [-0.2, -0.15) is 0 Å². The number of fused-ring (bicyclic) bond motifs is 4. The predicted octanol–water partition coefficient (Wildman–Crippen LogP) is 20.3. The fourth-order valence-electron chi connectivity index (χ4n) is 11.8. The lowest BCUT2D eigenvalue weighted by atomic mass is 9.91. The molecule has 0 fully saturated rings. The molecule has 2 aromatic carbocycles. The molecule has 4 aromatic heterocycles. The molecule has 0 saturated heterocycles. The lowest BCUT2D eigenvalue weighted by molar-refractivity contribution is -0.124. The number of para-hydroxylation sites is 1. The number of amides is 2. The maximum Gasteiger partial charge on any atom is 0.344 e. The molecule has 0 radical (unpaired) electrons. The average molecular weight is 1110 g/mol. The van der Waals surface area contributed by atoms with Gasteiger partial charge in [-0.25, -0.2) is 4.79 Å². The van der Waals surface area contributed by atoms with Crippen LogP contribution < -0.4 is 4.74 Å². The van der Waals surface area contributed by atoms with Crippen LogP contribution in [0.1, 0.15) is 243 Å². The molecule has 0 saturated carbocycles. The van der Waals surface area contributed by atoms with Gasteiger partial charge in [-0.3, -0.25) is 9.59 Å². The third kappa shape index (κ3) is 13.8. The van der Waals surface area contributed by atoms with Crippen LogP contribution in [0.2, 0.25) is 0 Å². The molecule has 0 N–H and O–H groups in total. The first-order chi connectivity index (χ1) is 38.0. The number of furan rings is 2. The van der Waals surface area contributed by atoms with Crippen LogP contribution in [-0.2, 0) is 26.8 Å². The summed E-state index contributed by atoms with van der Waals surface area (Å²) in [5.41, 5.74) is 3.27. The lowest BCUT2D eigenvalue weighted by Gasteiger charge is -2.29. The number of esters is 1. The van der Waals surface area contributed by atoms with E-state index in [4.69, 9.17) is 13.6 Å². The van der Waals surface area contributed by atoms with Gasteiger partial charge in [-0.1, -0.05) is 191 Å². The van der Waals surface area contributed by atoms with Crippen molar-refractivity contribution in [1.29, 1.82) is 0 Å². The average Bonchev–Trinajstić information content (AvgIpc) is 4.32. The maximum absolute atomic E-state index is 15.8. The highest BCUT2D eigenvalue weighted by molar-refractivity contribution is 7.29. The Morgan fingerprint density at radius 1 is 0.544 bits per heavy atom. The third-order valence-electron chi connectivity index (χ3n) is 16.3. The van der Waals surface area contributed by atoms with Crippen LogP contribution in [0.4, 0.5) is 0 Å². The molecular weight excluding hydrogens is 1020 g/mol. The third-order valence-corrected chi connectivity index (χ3v) is 19.2. The van der Waals surface area contributed by atoms with E-state index in [0.29, 0.717) is 64.2 Å². The van der Waals surface area contributed by atoms with Crippen molar-refractivity contribution < 1.29 is 28.0 Å². The van der Waals surface area contributed by atoms with Gasteiger partial charge in [0.2, 0.25) is 0 Å². The van der Waals surface area contributed by atoms with Gasteiger partial charge in [0.25, 0.3) is 11.8 Å². The normalized spacial score (nSPS) is 15.0. The summed E-state index contributed by atoms with van der Waals surface area (Å²) in [5.74, 6) is 2.98. The minimum Gasteiger partial charge on any atom is -0.459 e. The van der Waals surface area contributed by atoms with Crippen molar-refractivity contribution in [2.45, 2.75) is 222 Å². The summed E-state index contributed by atoms with van der Waals surface area (Å²) >= 11 is 3.45. The summed E-state index contributed by atoms with van der Waals surface area (Å²) in [7, 11) is 0. The molecule has 0 bridgehead atoms. The molecule has 2 atom stereocenters. The van der Waals surface area contributed by atoms with Gasteiger partial charge < -0.3 is 23.4 Å². The summed E-state index contributed by atoms with van der Waals surface area (Å²) in [6.07, 6.45) is 22.7. The molecule has 8 nitrogen and oxygen atoms in total. The van der Waals surface area contributed by atoms with E-state index in [-0.39, 0.29) is 40.4 Å². The molecule has 8 rings (SSSR count). The van der Waals surface area contributed by atoms with Crippen LogP contribution in [0.25, 0.3) is 42.2 Å². The van der Waals surface area contributed by atoms with E-state index in [9.17, 15) is 4.79 Å². The monoisotopic (exact) mass is 1110 g/mol. The summed E-state index contributed by atoms with van der Waals surface area (Å²) in [4.78, 5) is 52.3. The number of rotatable bonds is 30. The van der Waals surface area contributed by atoms with E-state index < -0.39 is 0 Å². The number of carbonyl (C=O) groups excluding carboxylic acids is 3. The molecule has 2 unspecified atom stereocenters. The van der Waals surface area contributed by atoms with Crippen molar-refractivity contribution in [1.82, 2.24) is 9.80 Å². The van der Waals surface area contributed by atoms with Crippen molar-refractivity contribution in [3.63, 3.8) is 0 Å². The molecule has 6 heterocycles. The van der Waals surface area contributed by atoms with E-state index in [1.54, 1.807) is 22.7 Å². The molecule has 2 aliphatic heterocycles. The minimum atomic E-state index is -0.340. The standard InChI is InChI=1S/C69H92N2O6S2/c1-12-17-22-26-33-46(31-20-15-4)44-70-61(59-60(66(70)73)62(54-40-41-56(77-54)68(6,7)8)71(65(59)72)45-47(32-21-16-5)34-27-23-18-13-2)53-39-38-52(76-53)55-42-50-49(37-30-24-19-14-3)58(67(74)75-48-35-28-25-29-36-48)51-43-57(69(9,10)11)79-64(51)63(50)78-55/h25,28-29,35-36,38-43,46-47H,12-24,26-27,30-34,37,44-45H2,1-11H3. The number of thiophene rings is 2. The number of aryl methyl sites for hydroxylation is 1. The Hall–Kier alpha value is -5.19. The fraction of sp³-hybridized carbons (Fsp3) is 0.551. The highest BCUT2D eigenvalue weighted by atomic mass is 32.1. The van der Waals surface area contributed by atoms with Gasteiger partial charge >= 0.3 is 5.97 Å². The number of hydrogen-bond acceptors (Lipinski definition) is 8. The second kappa shape index (κ2) is 27.1. The van der Waals surface area contributed by atoms with Gasteiger partial charge in [-0.15, -0.1) is 22.7 Å². The maximum atomic E-state index is 15.8. The first kappa shape index (κ1) is 59.9. The largest absolute Gasteiger partial charge is 0.459 e. The first-order valence-corrected chi connectivity index (χ1v) is 32.3. The number of benzene rings is 2. The van der Waals surface area contributed by atoms with E-state index in [2.05, 4.69) is 88.3 Å². The van der Waals surface area contributed by atoms with Crippen LogP contribution in [0, 0.1) is 11.8 Å². The molecule has 10 heteroatoms. The van der Waals surface area contributed by atoms with E-state index in [1.165, 1.54) is 30.6 Å². The molecule has 0 aliphatic carbocycles. The zero-order chi connectivity index (χ0) is 56.4. The number of hydrogen-bond donors (Lipinski definition) is 0. The quantitative estimate of drug-likeness (QED) is 0.0253. The molecule has 79 heavy (non-hydrogen) atoms. The Labute approximate surface area is 481 Å². The van der Waals surface area contributed by atoms with Gasteiger partial charge in [0, 0.05) is 28.8 Å². The van der Waals surface area contributed by atoms with Crippen molar-refractivity contribution in [3.05, 3.63) is 111 Å². The SMILES string of the molecule is CCCCCCc1c(C(=O)Oc2ccccc2)c2cc(C(C)(C)C)sc2c2sc(-c3ccc(C4=C5C(=O)N(CC(CCCC)CCCCCC)C(c6ccc(C(C)(C)C)o6)=C5C(=O)N4CC(CCCC)CCCCCC)o3)cc12. The van der Waals surface area contributed by atoms with Crippen molar-refractivity contribution >= 4 is 72.0 Å². The number of unbranched alkanes of at least 4 members (excludes halogenated alkanes) is 11. The summed E-state index contributed by atoms with van der Waals surface area (Å²) < 4.78 is 22.4. The number of carbonyl (C=O) groups is 3. The Kier molecular flexibility index (Phi) is 20.5. The lowest BCUT2D eigenvalue weighted by Crippen LogP contribution is -2.34. The van der Waals surface area contributed by atoms with Crippen molar-refractivity contribution in [2.24, 2.45) is 11.8 Å². The summed E-state index contributed by atoms with van der Waals surface area (Å²) in [6, 6.07) is 21.8. The molecule has 2 amide bonds. The predicted molar refractivity (Wildman–Crippen MR) is 331 cm³/mol. The van der Waals surface area contributed by atoms with Crippen LogP contribution in [0.5, 0.6) is 5.75 Å². The first-order valence-electron chi connectivity index (χ1n) is 30.7. The summed E-state index contributed by atoms with van der Waals surface area (Å²) in [6.45, 7) is 25.3. The van der Waals surface area contributed by atoms with Crippen LogP contribution in [0.3, 0.4) is 0 Å². The number of nitrogens with zero attached hydrogens (tertiary/aromatic N) is 2. The smallest absolute Gasteiger partial charge is 0.344 e. The molecule has 2 aliphatic rings. The van der Waals surface area contributed by atoms with Gasteiger partial charge in [0.05, 0.1) is 31.0 Å². The van der Waals surface area contributed by atoms with Gasteiger partial charge in [0.1, 0.15) is 28.7 Å². The summed E-state index contributed by atoms with van der Waals surface area (Å²) in [5, 5.41) is 1.98. The second-order valence-electron chi connectivity index (χ2n) is 24.9. The molecule has 426 valence electrons. The van der Waals surface area contributed by atoms with Gasteiger partial charge in [0.15, 0.2) is 11.5 Å². The van der Waals surface area contributed by atoms with E-state index in [1.807, 2.05) is 64.4 Å². The van der Waals surface area contributed by atoms with Crippen molar-refractivity contribution in [3.8, 4) is 16.4 Å². The Bertz CT molecular complexity index is 3090. The van der Waals surface area contributed by atoms with Crippen molar-refractivity contribution in [2.75, 3.05) is 13.1 Å². The number of ether oxygens (including phenoxy) is 1. The second-order valence-corrected chi connectivity index (χ2v) is 27.0. The van der Waals surface area contributed by atoms with Crippen LogP contribution in [-0.4, -0.2) is 40.7 Å². The Balaban J connectivity index is 1.31. The molecule has 0 spiro atoms. The van der Waals surface area contributed by atoms with E-state index in [0.717, 1.165) is 146 Å². The molecular formula is C69H92N2O6S2. The highest BCUT2D eigenvalue weighted by Gasteiger charge is 2.51. The van der Waals surface area contributed by atoms with Crippen LogP contribution >= 0.6 is 22.7 Å². The Morgan fingerprint density at radius 3 is 1.58 bits per heavy atom. The van der Waals surface area contributed by atoms with E-state index >= 15 is 9.59 Å². The zero-order valence-corrected chi connectivity index (χ0v) is 51.6. The van der Waals surface area contributed by atoms with Crippen LogP contribution in [0.15, 0.2) is 86.7 Å². The molecule has 6 aromatic rings. The fourth-order valence-corrected chi connectivity index (χ4v) is 14.3. The Morgan fingerprint density at radius 2 is 1.05 bits per heavy atom. The minimum absolute atomic E-state index is 0.143. The topological polar surface area (TPSA) is 93.2 Å². The highest BCUT2D eigenvalue weighted by Crippen LogP contribution is 2.51. The van der Waals surface area contributed by atoms with Gasteiger partial charge in [-0.05, 0) is 115 Å². The zero-order valence-electron chi connectivity index (χ0n) is 49.9.